The van der Waals surface area contributed by atoms with Gasteiger partial charge < -0.3 is 10.2 Å². The Balaban J connectivity index is 3.05. The SMILES string of the molecule is CCC(CO)NS(=O)(=O)c1ccsc1C(=O)O. The van der Waals surface area contributed by atoms with Gasteiger partial charge in [-0.1, -0.05) is 6.92 Å². The molecular weight excluding hydrogens is 266 g/mol. The van der Waals surface area contributed by atoms with Gasteiger partial charge in [0.2, 0.25) is 10.0 Å². The van der Waals surface area contributed by atoms with E-state index in [1.165, 1.54) is 11.4 Å². The molecule has 0 radical (unpaired) electrons. The normalized spacial score (nSPS) is 13.5. The molecule has 0 amide bonds. The van der Waals surface area contributed by atoms with Gasteiger partial charge in [0.1, 0.15) is 9.77 Å². The summed E-state index contributed by atoms with van der Waals surface area (Å²) in [5.41, 5.74) is 0. The Morgan fingerprint density at radius 3 is 2.71 bits per heavy atom. The Morgan fingerprint density at radius 2 is 2.24 bits per heavy atom. The first-order valence-electron chi connectivity index (χ1n) is 4.86. The molecule has 8 heteroatoms. The van der Waals surface area contributed by atoms with Crippen LogP contribution in [0.1, 0.15) is 23.0 Å². The second-order valence-electron chi connectivity index (χ2n) is 3.33. The largest absolute Gasteiger partial charge is 0.477 e. The lowest BCUT2D eigenvalue weighted by molar-refractivity contribution is 0.0698. The molecule has 1 heterocycles. The Hall–Kier alpha value is -0.960. The number of hydrogen-bond donors (Lipinski definition) is 3. The second-order valence-corrected chi connectivity index (χ2v) is 5.93. The monoisotopic (exact) mass is 279 g/mol. The summed E-state index contributed by atoms with van der Waals surface area (Å²) in [5, 5.41) is 19.2. The van der Waals surface area contributed by atoms with E-state index in [9.17, 15) is 13.2 Å². The molecule has 0 bridgehead atoms. The highest BCUT2D eigenvalue weighted by molar-refractivity contribution is 7.89. The number of hydrogen-bond acceptors (Lipinski definition) is 5. The number of rotatable bonds is 6. The highest BCUT2D eigenvalue weighted by atomic mass is 32.2. The Bertz CT molecular complexity index is 489. The van der Waals surface area contributed by atoms with E-state index < -0.39 is 22.0 Å². The van der Waals surface area contributed by atoms with Crippen molar-refractivity contribution in [3.8, 4) is 0 Å². The number of carbonyl (C=O) groups is 1. The quantitative estimate of drug-likeness (QED) is 0.703. The van der Waals surface area contributed by atoms with E-state index in [4.69, 9.17) is 10.2 Å². The average Bonchev–Trinajstić information content (AvgIpc) is 2.75. The van der Waals surface area contributed by atoms with Crippen molar-refractivity contribution in [1.82, 2.24) is 4.72 Å². The molecule has 0 aliphatic carbocycles. The molecule has 6 nitrogen and oxygen atoms in total. The van der Waals surface area contributed by atoms with Gasteiger partial charge in [0.25, 0.3) is 0 Å². The lowest BCUT2D eigenvalue weighted by Gasteiger charge is -2.13. The summed E-state index contributed by atoms with van der Waals surface area (Å²) >= 11 is 0.846. The molecule has 17 heavy (non-hydrogen) atoms. The number of aromatic carboxylic acids is 1. The minimum Gasteiger partial charge on any atom is -0.477 e. The summed E-state index contributed by atoms with van der Waals surface area (Å²) in [5.74, 6) is -1.28. The summed E-state index contributed by atoms with van der Waals surface area (Å²) in [6.07, 6.45) is 0.419. The number of carboxylic acids is 1. The fourth-order valence-electron chi connectivity index (χ4n) is 1.20. The lowest BCUT2D eigenvalue weighted by atomic mass is 10.3. The molecule has 0 saturated carbocycles. The maximum Gasteiger partial charge on any atom is 0.347 e. The molecule has 1 aromatic rings. The third kappa shape index (κ3) is 3.25. The van der Waals surface area contributed by atoms with Gasteiger partial charge in [0.05, 0.1) is 6.61 Å². The molecular formula is C9H13NO5S2. The number of sulfonamides is 1. The summed E-state index contributed by atoms with van der Waals surface area (Å²) in [6, 6.07) is 0.627. The van der Waals surface area contributed by atoms with Crippen molar-refractivity contribution in [3.05, 3.63) is 16.3 Å². The van der Waals surface area contributed by atoms with Gasteiger partial charge in [-0.15, -0.1) is 11.3 Å². The predicted molar refractivity (Wildman–Crippen MR) is 62.8 cm³/mol. The van der Waals surface area contributed by atoms with Gasteiger partial charge in [-0.3, -0.25) is 0 Å². The van der Waals surface area contributed by atoms with Gasteiger partial charge >= 0.3 is 5.97 Å². The maximum absolute atomic E-state index is 11.9. The summed E-state index contributed by atoms with van der Waals surface area (Å²) in [6.45, 7) is 1.39. The fraction of sp³-hybridized carbons (Fsp3) is 0.444. The zero-order valence-corrected chi connectivity index (χ0v) is 10.7. The number of thiophene rings is 1. The summed E-state index contributed by atoms with van der Waals surface area (Å²) < 4.78 is 26.0. The first-order valence-corrected chi connectivity index (χ1v) is 7.22. The highest BCUT2D eigenvalue weighted by Gasteiger charge is 2.25. The average molecular weight is 279 g/mol. The van der Waals surface area contributed by atoms with E-state index in [2.05, 4.69) is 4.72 Å². The third-order valence-corrected chi connectivity index (χ3v) is 4.74. The van der Waals surface area contributed by atoms with Crippen LogP contribution in [0.3, 0.4) is 0 Å². The molecule has 96 valence electrons. The van der Waals surface area contributed by atoms with Gasteiger partial charge in [-0.05, 0) is 17.9 Å². The van der Waals surface area contributed by atoms with E-state index in [1.54, 1.807) is 6.92 Å². The lowest BCUT2D eigenvalue weighted by Crippen LogP contribution is -2.37. The van der Waals surface area contributed by atoms with E-state index in [-0.39, 0.29) is 16.4 Å². The van der Waals surface area contributed by atoms with Crippen LogP contribution in [0.4, 0.5) is 0 Å². The third-order valence-electron chi connectivity index (χ3n) is 2.15. The Morgan fingerprint density at radius 1 is 1.59 bits per heavy atom. The highest BCUT2D eigenvalue weighted by Crippen LogP contribution is 2.22. The van der Waals surface area contributed by atoms with E-state index in [0.29, 0.717) is 6.42 Å². The standard InChI is InChI=1S/C9H13NO5S2/c1-2-6(5-11)10-17(14,15)7-3-4-16-8(7)9(12)13/h3-4,6,10-11H,2,5H2,1H3,(H,12,13). The minimum atomic E-state index is -3.90. The molecule has 3 N–H and O–H groups in total. The van der Waals surface area contributed by atoms with E-state index >= 15 is 0 Å². The van der Waals surface area contributed by atoms with E-state index in [0.717, 1.165) is 11.3 Å². The van der Waals surface area contributed by atoms with Crippen LogP contribution >= 0.6 is 11.3 Å². The molecule has 0 saturated heterocycles. The summed E-state index contributed by atoms with van der Waals surface area (Å²) in [7, 11) is -3.90. The van der Waals surface area contributed by atoms with E-state index in [1.807, 2.05) is 0 Å². The Kier molecular flexibility index (Phi) is 4.63. The van der Waals surface area contributed by atoms with Crippen LogP contribution in [-0.2, 0) is 10.0 Å². The van der Waals surface area contributed by atoms with Gasteiger partial charge in [0, 0.05) is 6.04 Å². The minimum absolute atomic E-state index is 0.231. The Labute approximate surface area is 103 Å². The van der Waals surface area contributed by atoms with Crippen LogP contribution in [0, 0.1) is 0 Å². The van der Waals surface area contributed by atoms with Gasteiger partial charge in [-0.2, -0.15) is 0 Å². The van der Waals surface area contributed by atoms with Crippen LogP contribution in [-0.4, -0.2) is 37.2 Å². The van der Waals surface area contributed by atoms with Crippen LogP contribution in [0.2, 0.25) is 0 Å². The molecule has 0 aliphatic rings. The van der Waals surface area contributed by atoms with Crippen molar-refractivity contribution in [2.45, 2.75) is 24.3 Å². The second kappa shape index (κ2) is 5.58. The predicted octanol–water partition coefficient (Wildman–Crippen LogP) is 0.495. The van der Waals surface area contributed by atoms with Crippen molar-refractivity contribution >= 4 is 27.3 Å². The summed E-state index contributed by atoms with van der Waals surface area (Å²) in [4.78, 5) is 10.3. The van der Waals surface area contributed by atoms with Gasteiger partial charge in [-0.25, -0.2) is 17.9 Å². The molecule has 1 atom stereocenters. The topological polar surface area (TPSA) is 104 Å². The molecule has 0 aliphatic heterocycles. The van der Waals surface area contributed by atoms with Crippen molar-refractivity contribution in [3.63, 3.8) is 0 Å². The number of aliphatic hydroxyl groups is 1. The number of carboxylic acid groups (broad SMARTS) is 1. The zero-order valence-electron chi connectivity index (χ0n) is 9.08. The zero-order chi connectivity index (χ0) is 13.1. The van der Waals surface area contributed by atoms with Crippen molar-refractivity contribution in [2.75, 3.05) is 6.61 Å². The van der Waals surface area contributed by atoms with Crippen molar-refractivity contribution in [1.29, 1.82) is 0 Å². The van der Waals surface area contributed by atoms with Gasteiger partial charge in [0.15, 0.2) is 0 Å². The van der Waals surface area contributed by atoms with Crippen LogP contribution in [0.5, 0.6) is 0 Å². The molecule has 1 rings (SSSR count). The fourth-order valence-corrected chi connectivity index (χ4v) is 3.77. The molecule has 0 spiro atoms. The molecule has 1 unspecified atom stereocenters. The molecule has 1 aromatic heterocycles. The molecule has 0 fully saturated rings. The van der Waals surface area contributed by atoms with Crippen LogP contribution < -0.4 is 4.72 Å². The first-order chi connectivity index (χ1) is 7.92. The number of nitrogens with one attached hydrogen (secondary N) is 1. The molecule has 0 aromatic carbocycles. The maximum atomic E-state index is 11.9. The first kappa shape index (κ1) is 14.1. The number of aliphatic hydroxyl groups excluding tert-OH is 1. The van der Waals surface area contributed by atoms with Crippen LogP contribution in [0.15, 0.2) is 16.3 Å². The van der Waals surface area contributed by atoms with Crippen LogP contribution in [0.25, 0.3) is 0 Å². The smallest absolute Gasteiger partial charge is 0.347 e. The van der Waals surface area contributed by atoms with Crippen molar-refractivity contribution in [2.24, 2.45) is 0 Å². The van der Waals surface area contributed by atoms with Crippen molar-refractivity contribution < 1.29 is 23.4 Å².